The Bertz CT molecular complexity index is 1180. The van der Waals surface area contributed by atoms with Gasteiger partial charge in [0, 0.05) is 12.1 Å². The number of thioether (sulfide) groups is 1. The molecule has 1 atom stereocenters. The van der Waals surface area contributed by atoms with Gasteiger partial charge < -0.3 is 10.6 Å². The molecule has 0 saturated carbocycles. The Morgan fingerprint density at radius 1 is 1.12 bits per heavy atom. The van der Waals surface area contributed by atoms with Crippen LogP contribution in [0.25, 0.3) is 0 Å². The Morgan fingerprint density at radius 2 is 1.88 bits per heavy atom. The van der Waals surface area contributed by atoms with E-state index in [0.717, 1.165) is 24.6 Å². The Balaban J connectivity index is 1.49. The summed E-state index contributed by atoms with van der Waals surface area (Å²) in [6, 6.07) is 12.3. The van der Waals surface area contributed by atoms with E-state index in [1.807, 2.05) is 25.1 Å². The predicted molar refractivity (Wildman–Crippen MR) is 131 cm³/mol. The smallest absolute Gasteiger partial charge is 0.259 e. The summed E-state index contributed by atoms with van der Waals surface area (Å²) in [6.45, 7) is 2.59. The molecule has 34 heavy (non-hydrogen) atoms. The first kappa shape index (κ1) is 23.6. The molecule has 2 aliphatic rings. The zero-order valence-electron chi connectivity index (χ0n) is 18.6. The number of carbonyl (C=O) groups excluding carboxylic acids is 3. The molecule has 10 heteroatoms. The highest BCUT2D eigenvalue weighted by molar-refractivity contribution is 8.14. The van der Waals surface area contributed by atoms with Crippen molar-refractivity contribution < 1.29 is 18.8 Å². The molecular weight excluding hydrogens is 457 g/mol. The van der Waals surface area contributed by atoms with Crippen LogP contribution in [-0.4, -0.2) is 52.0 Å². The molecule has 2 aromatic carbocycles. The van der Waals surface area contributed by atoms with Crippen LogP contribution in [-0.2, 0) is 14.4 Å². The summed E-state index contributed by atoms with van der Waals surface area (Å²) in [4.78, 5) is 48.4. The third kappa shape index (κ3) is 5.17. The van der Waals surface area contributed by atoms with Crippen molar-refractivity contribution in [3.63, 3.8) is 0 Å². The van der Waals surface area contributed by atoms with Crippen LogP contribution in [0, 0.1) is 5.82 Å². The van der Waals surface area contributed by atoms with Crippen molar-refractivity contribution in [2.75, 3.05) is 17.6 Å². The number of aliphatic imine (C=N–C) groups is 2. The lowest BCUT2D eigenvalue weighted by molar-refractivity contribution is -0.128. The summed E-state index contributed by atoms with van der Waals surface area (Å²) in [7, 11) is 0. The third-order valence-electron chi connectivity index (χ3n) is 5.26. The molecule has 0 unspecified atom stereocenters. The zero-order valence-corrected chi connectivity index (χ0v) is 19.4. The average Bonchev–Trinajstić information content (AvgIpc) is 3.15. The Labute approximate surface area is 200 Å². The Morgan fingerprint density at radius 3 is 2.68 bits per heavy atom. The van der Waals surface area contributed by atoms with Crippen LogP contribution in [0.4, 0.5) is 15.8 Å². The molecule has 176 valence electrons. The van der Waals surface area contributed by atoms with Gasteiger partial charge in [-0.15, -0.1) is 0 Å². The standard InChI is InChI=1S/C24H24FN5O3S/c1-2-3-12-26-20(31)13-19-23(33)30-22(28-19)15-8-4-6-10-17(15)29-24(30)34-14-21(32)27-18-11-7-5-9-16(18)25/h4-11,19H,2-3,12-14H2,1H3,(H,26,31)(H,27,32)/t19-/m1/s1. The van der Waals surface area contributed by atoms with Gasteiger partial charge in [-0.25, -0.2) is 14.3 Å². The SMILES string of the molecule is CCCCNC(=O)C[C@H]1N=C2c3ccccc3N=C(SCC(=O)Nc3ccccc3F)N2C1=O. The van der Waals surface area contributed by atoms with E-state index in [1.54, 1.807) is 12.1 Å². The van der Waals surface area contributed by atoms with E-state index in [0.29, 0.717) is 28.8 Å². The lowest BCUT2D eigenvalue weighted by Crippen LogP contribution is -2.42. The first-order chi connectivity index (χ1) is 16.5. The van der Waals surface area contributed by atoms with Crippen molar-refractivity contribution in [3.8, 4) is 0 Å². The second-order valence-corrected chi connectivity index (χ2v) is 8.72. The molecule has 0 fully saturated rings. The summed E-state index contributed by atoms with van der Waals surface area (Å²) in [5.41, 5.74) is 1.39. The maximum atomic E-state index is 13.8. The molecule has 0 bridgehead atoms. The Hall–Kier alpha value is -3.53. The fraction of sp³-hybridized carbons (Fsp3) is 0.292. The van der Waals surface area contributed by atoms with E-state index in [2.05, 4.69) is 20.6 Å². The van der Waals surface area contributed by atoms with Crippen LogP contribution < -0.4 is 10.6 Å². The highest BCUT2D eigenvalue weighted by Crippen LogP contribution is 2.34. The molecule has 8 nitrogen and oxygen atoms in total. The largest absolute Gasteiger partial charge is 0.356 e. The summed E-state index contributed by atoms with van der Waals surface area (Å²) in [6.07, 6.45) is 1.76. The number of para-hydroxylation sites is 2. The van der Waals surface area contributed by atoms with E-state index in [9.17, 15) is 18.8 Å². The van der Waals surface area contributed by atoms with Gasteiger partial charge in [-0.3, -0.25) is 19.4 Å². The van der Waals surface area contributed by atoms with Gasteiger partial charge in [-0.05, 0) is 30.7 Å². The van der Waals surface area contributed by atoms with Gasteiger partial charge in [0.1, 0.15) is 17.7 Å². The lowest BCUT2D eigenvalue weighted by atomic mass is 10.1. The van der Waals surface area contributed by atoms with Crippen molar-refractivity contribution in [1.29, 1.82) is 0 Å². The normalized spacial score (nSPS) is 16.4. The van der Waals surface area contributed by atoms with E-state index in [1.165, 1.54) is 23.1 Å². The minimum atomic E-state index is -0.860. The van der Waals surface area contributed by atoms with Crippen molar-refractivity contribution in [2.24, 2.45) is 9.98 Å². The molecule has 0 radical (unpaired) electrons. The van der Waals surface area contributed by atoms with Gasteiger partial charge in [0.05, 0.1) is 23.5 Å². The first-order valence-electron chi connectivity index (χ1n) is 11.0. The molecule has 0 spiro atoms. The van der Waals surface area contributed by atoms with Crippen molar-refractivity contribution in [2.45, 2.75) is 32.2 Å². The predicted octanol–water partition coefficient (Wildman–Crippen LogP) is 3.46. The Kier molecular flexibility index (Phi) is 7.36. The molecule has 0 saturated heterocycles. The summed E-state index contributed by atoms with van der Waals surface area (Å²) in [5.74, 6) is -1.24. The van der Waals surface area contributed by atoms with Crippen LogP contribution in [0.5, 0.6) is 0 Å². The van der Waals surface area contributed by atoms with Crippen LogP contribution in [0.1, 0.15) is 31.7 Å². The fourth-order valence-electron chi connectivity index (χ4n) is 3.56. The number of nitrogens with one attached hydrogen (secondary N) is 2. The number of amides is 3. The van der Waals surface area contributed by atoms with Crippen molar-refractivity contribution in [3.05, 3.63) is 59.9 Å². The number of unbranched alkanes of at least 4 members (excludes halogenated alkanes) is 1. The van der Waals surface area contributed by atoms with Gasteiger partial charge >= 0.3 is 0 Å². The minimum absolute atomic E-state index is 0.0591. The molecule has 2 aromatic rings. The number of rotatable bonds is 8. The lowest BCUT2D eigenvalue weighted by Gasteiger charge is -2.25. The van der Waals surface area contributed by atoms with E-state index in [-0.39, 0.29) is 29.7 Å². The van der Waals surface area contributed by atoms with Crippen LogP contribution in [0.15, 0.2) is 58.5 Å². The summed E-state index contributed by atoms with van der Waals surface area (Å²) >= 11 is 1.05. The summed E-state index contributed by atoms with van der Waals surface area (Å²) < 4.78 is 13.8. The molecule has 0 aromatic heterocycles. The molecule has 2 aliphatic heterocycles. The number of benzene rings is 2. The molecular formula is C24H24FN5O3S. The maximum Gasteiger partial charge on any atom is 0.259 e. The third-order valence-corrected chi connectivity index (χ3v) is 6.20. The molecule has 3 amide bonds. The highest BCUT2D eigenvalue weighted by Gasteiger charge is 2.42. The number of anilines is 1. The number of fused-ring (bicyclic) bond motifs is 3. The van der Waals surface area contributed by atoms with Gasteiger partial charge in [0.15, 0.2) is 5.17 Å². The van der Waals surface area contributed by atoms with Crippen LogP contribution >= 0.6 is 11.8 Å². The molecule has 2 N–H and O–H groups in total. The second-order valence-electron chi connectivity index (χ2n) is 7.78. The zero-order chi connectivity index (χ0) is 24.1. The van der Waals surface area contributed by atoms with Gasteiger partial charge in [0.25, 0.3) is 5.91 Å². The first-order valence-corrected chi connectivity index (χ1v) is 12.0. The number of hydrogen-bond donors (Lipinski definition) is 2. The van der Waals surface area contributed by atoms with Gasteiger partial charge in [-0.1, -0.05) is 49.4 Å². The molecule has 0 aliphatic carbocycles. The number of amidine groups is 2. The van der Waals surface area contributed by atoms with E-state index in [4.69, 9.17) is 0 Å². The van der Waals surface area contributed by atoms with Crippen LogP contribution in [0.3, 0.4) is 0 Å². The quantitative estimate of drug-likeness (QED) is 0.564. The fourth-order valence-corrected chi connectivity index (χ4v) is 4.36. The monoisotopic (exact) mass is 481 g/mol. The van der Waals surface area contributed by atoms with Gasteiger partial charge in [-0.2, -0.15) is 0 Å². The minimum Gasteiger partial charge on any atom is -0.356 e. The number of nitrogens with zero attached hydrogens (tertiary/aromatic N) is 3. The van der Waals surface area contributed by atoms with Crippen molar-refractivity contribution >= 4 is 51.9 Å². The van der Waals surface area contributed by atoms with Gasteiger partial charge in [0.2, 0.25) is 11.8 Å². The van der Waals surface area contributed by atoms with E-state index >= 15 is 0 Å². The number of hydrogen-bond acceptors (Lipinski definition) is 6. The second kappa shape index (κ2) is 10.6. The number of carbonyl (C=O) groups is 3. The number of halogens is 1. The molecule has 4 rings (SSSR count). The van der Waals surface area contributed by atoms with Crippen LogP contribution in [0.2, 0.25) is 0 Å². The maximum absolute atomic E-state index is 13.8. The summed E-state index contributed by atoms with van der Waals surface area (Å²) in [5, 5.41) is 5.63. The highest BCUT2D eigenvalue weighted by atomic mass is 32.2. The van der Waals surface area contributed by atoms with E-state index < -0.39 is 17.8 Å². The average molecular weight is 482 g/mol. The topological polar surface area (TPSA) is 103 Å². The molecule has 2 heterocycles. The van der Waals surface area contributed by atoms with Crippen molar-refractivity contribution in [1.82, 2.24) is 10.2 Å².